The van der Waals surface area contributed by atoms with E-state index in [0.29, 0.717) is 0 Å². The number of aromatic amines is 1. The summed E-state index contributed by atoms with van der Waals surface area (Å²) in [6.45, 7) is 3.11. The van der Waals surface area contributed by atoms with Gasteiger partial charge in [0.15, 0.2) is 0 Å². The van der Waals surface area contributed by atoms with Crippen molar-refractivity contribution in [1.82, 2.24) is 4.98 Å². The number of aryl methyl sites for hydroxylation is 1. The predicted octanol–water partition coefficient (Wildman–Crippen LogP) is 1.41. The summed E-state index contributed by atoms with van der Waals surface area (Å²) in [5.74, 6) is -0.833. The van der Waals surface area contributed by atoms with Crippen molar-refractivity contribution in [1.29, 1.82) is 0 Å². The standard InChI is InChI=1S/C5H7N.C2H4O2/c1-5-3-2-4-6-5;1-2(3)4/h2-4,6H,1H3;1H3,(H,3,4). The Bertz CT molecular complexity index is 175. The lowest BCUT2D eigenvalue weighted by molar-refractivity contribution is -0.134. The molecule has 0 saturated carbocycles. The van der Waals surface area contributed by atoms with Crippen LogP contribution in [-0.2, 0) is 4.79 Å². The average molecular weight is 141 g/mol. The van der Waals surface area contributed by atoms with E-state index >= 15 is 0 Å². The molecular weight excluding hydrogens is 130 g/mol. The van der Waals surface area contributed by atoms with Gasteiger partial charge in [0.05, 0.1) is 0 Å². The summed E-state index contributed by atoms with van der Waals surface area (Å²) in [5.41, 5.74) is 1.22. The maximum absolute atomic E-state index is 9.00. The highest BCUT2D eigenvalue weighted by Gasteiger charge is 1.72. The fourth-order valence-electron chi connectivity index (χ4n) is 0.420. The first-order valence-electron chi connectivity index (χ1n) is 2.92. The van der Waals surface area contributed by atoms with Crippen molar-refractivity contribution in [2.75, 3.05) is 0 Å². The largest absolute Gasteiger partial charge is 0.481 e. The third-order valence-electron chi connectivity index (χ3n) is 0.753. The number of carbonyl (C=O) groups is 1. The molecule has 3 nitrogen and oxygen atoms in total. The maximum Gasteiger partial charge on any atom is 0.300 e. The maximum atomic E-state index is 9.00. The summed E-state index contributed by atoms with van der Waals surface area (Å²) in [6, 6.07) is 4.01. The van der Waals surface area contributed by atoms with Gasteiger partial charge in [0, 0.05) is 18.8 Å². The van der Waals surface area contributed by atoms with Crippen LogP contribution in [0.3, 0.4) is 0 Å². The molecular formula is C7H11NO2. The Morgan fingerprint density at radius 1 is 1.70 bits per heavy atom. The fraction of sp³-hybridized carbons (Fsp3) is 0.286. The van der Waals surface area contributed by atoms with Crippen molar-refractivity contribution in [3.63, 3.8) is 0 Å². The SMILES string of the molecule is CC(=O)O.Cc1ccc[nH]1. The fourth-order valence-corrected chi connectivity index (χ4v) is 0.420. The van der Waals surface area contributed by atoms with Crippen LogP contribution in [0.2, 0.25) is 0 Å². The summed E-state index contributed by atoms with van der Waals surface area (Å²) in [5, 5.41) is 7.42. The highest BCUT2D eigenvalue weighted by molar-refractivity contribution is 5.62. The van der Waals surface area contributed by atoms with Crippen molar-refractivity contribution in [2.24, 2.45) is 0 Å². The van der Waals surface area contributed by atoms with E-state index in [1.54, 1.807) is 0 Å². The number of hydrogen-bond donors (Lipinski definition) is 2. The second-order valence-corrected chi connectivity index (χ2v) is 1.87. The molecule has 0 spiro atoms. The van der Waals surface area contributed by atoms with Crippen LogP contribution in [0.4, 0.5) is 0 Å². The minimum absolute atomic E-state index is 0.833. The summed E-state index contributed by atoms with van der Waals surface area (Å²) >= 11 is 0. The normalized spacial score (nSPS) is 7.80. The van der Waals surface area contributed by atoms with Crippen LogP contribution in [0.1, 0.15) is 12.6 Å². The summed E-state index contributed by atoms with van der Waals surface area (Å²) < 4.78 is 0. The van der Waals surface area contributed by atoms with Gasteiger partial charge in [-0.2, -0.15) is 0 Å². The molecule has 0 aromatic carbocycles. The first-order chi connectivity index (χ1) is 4.63. The number of carboxylic acids is 1. The first kappa shape index (κ1) is 8.75. The molecule has 0 unspecified atom stereocenters. The number of nitrogens with one attached hydrogen (secondary N) is 1. The Kier molecular flexibility index (Phi) is 4.04. The zero-order valence-electron chi connectivity index (χ0n) is 6.09. The van der Waals surface area contributed by atoms with E-state index in [1.165, 1.54) is 5.69 Å². The van der Waals surface area contributed by atoms with Crippen LogP contribution in [0.15, 0.2) is 18.3 Å². The second-order valence-electron chi connectivity index (χ2n) is 1.87. The Balaban J connectivity index is 0.000000180. The number of carboxylic acid groups (broad SMARTS) is 1. The van der Waals surface area contributed by atoms with E-state index in [1.807, 2.05) is 25.3 Å². The van der Waals surface area contributed by atoms with Crippen LogP contribution in [-0.4, -0.2) is 16.1 Å². The molecule has 56 valence electrons. The molecule has 0 bridgehead atoms. The molecule has 0 atom stereocenters. The number of hydrogen-bond acceptors (Lipinski definition) is 1. The van der Waals surface area contributed by atoms with Crippen LogP contribution >= 0.6 is 0 Å². The van der Waals surface area contributed by atoms with Gasteiger partial charge < -0.3 is 10.1 Å². The molecule has 1 aromatic heterocycles. The molecule has 1 aromatic rings. The molecule has 1 heterocycles. The summed E-state index contributed by atoms with van der Waals surface area (Å²) in [7, 11) is 0. The highest BCUT2D eigenvalue weighted by atomic mass is 16.4. The van der Waals surface area contributed by atoms with Gasteiger partial charge in [-0.05, 0) is 19.1 Å². The van der Waals surface area contributed by atoms with Gasteiger partial charge in [-0.1, -0.05) is 0 Å². The molecule has 0 amide bonds. The molecule has 1 rings (SSSR count). The monoisotopic (exact) mass is 141 g/mol. The van der Waals surface area contributed by atoms with Crippen LogP contribution in [0.5, 0.6) is 0 Å². The molecule has 0 fully saturated rings. The molecule has 0 aliphatic heterocycles. The zero-order chi connectivity index (χ0) is 7.98. The van der Waals surface area contributed by atoms with Crippen molar-refractivity contribution in [3.05, 3.63) is 24.0 Å². The molecule has 3 heteroatoms. The van der Waals surface area contributed by atoms with E-state index in [9.17, 15) is 0 Å². The van der Waals surface area contributed by atoms with Crippen molar-refractivity contribution >= 4 is 5.97 Å². The summed E-state index contributed by atoms with van der Waals surface area (Å²) in [6.07, 6.45) is 1.91. The highest BCUT2D eigenvalue weighted by Crippen LogP contribution is 1.86. The lowest BCUT2D eigenvalue weighted by Gasteiger charge is -1.70. The van der Waals surface area contributed by atoms with Gasteiger partial charge in [0.2, 0.25) is 0 Å². The lowest BCUT2D eigenvalue weighted by Crippen LogP contribution is -1.78. The number of aliphatic carboxylic acids is 1. The van der Waals surface area contributed by atoms with E-state index in [0.717, 1.165) is 6.92 Å². The van der Waals surface area contributed by atoms with Gasteiger partial charge in [0.1, 0.15) is 0 Å². The molecule has 0 radical (unpaired) electrons. The average Bonchev–Trinajstić information content (AvgIpc) is 2.15. The topological polar surface area (TPSA) is 53.1 Å². The quantitative estimate of drug-likeness (QED) is 0.574. The van der Waals surface area contributed by atoms with Crippen molar-refractivity contribution < 1.29 is 9.90 Å². The van der Waals surface area contributed by atoms with E-state index in [2.05, 4.69) is 4.98 Å². The minimum Gasteiger partial charge on any atom is -0.481 e. The van der Waals surface area contributed by atoms with Crippen molar-refractivity contribution in [2.45, 2.75) is 13.8 Å². The Morgan fingerprint density at radius 3 is 2.30 bits per heavy atom. The van der Waals surface area contributed by atoms with Crippen molar-refractivity contribution in [3.8, 4) is 0 Å². The molecule has 0 saturated heterocycles. The van der Waals surface area contributed by atoms with Crippen LogP contribution < -0.4 is 0 Å². The van der Waals surface area contributed by atoms with Gasteiger partial charge in [-0.15, -0.1) is 0 Å². The number of H-pyrrole nitrogens is 1. The Morgan fingerprint density at radius 2 is 2.20 bits per heavy atom. The van der Waals surface area contributed by atoms with E-state index in [4.69, 9.17) is 9.90 Å². The Labute approximate surface area is 59.7 Å². The smallest absolute Gasteiger partial charge is 0.300 e. The van der Waals surface area contributed by atoms with E-state index < -0.39 is 5.97 Å². The van der Waals surface area contributed by atoms with Gasteiger partial charge in [0.25, 0.3) is 5.97 Å². The number of aromatic nitrogens is 1. The molecule has 0 aliphatic carbocycles. The van der Waals surface area contributed by atoms with Crippen LogP contribution in [0, 0.1) is 6.92 Å². The zero-order valence-corrected chi connectivity index (χ0v) is 6.09. The lowest BCUT2D eigenvalue weighted by atomic mass is 10.5. The van der Waals surface area contributed by atoms with Gasteiger partial charge >= 0.3 is 0 Å². The molecule has 2 N–H and O–H groups in total. The first-order valence-corrected chi connectivity index (χ1v) is 2.92. The molecule has 0 aliphatic rings. The van der Waals surface area contributed by atoms with Crippen LogP contribution in [0.25, 0.3) is 0 Å². The second kappa shape index (κ2) is 4.61. The third-order valence-corrected chi connectivity index (χ3v) is 0.753. The van der Waals surface area contributed by atoms with Gasteiger partial charge in [-0.25, -0.2) is 0 Å². The van der Waals surface area contributed by atoms with E-state index in [-0.39, 0.29) is 0 Å². The number of rotatable bonds is 0. The minimum atomic E-state index is -0.833. The molecule has 10 heavy (non-hydrogen) atoms. The Hall–Kier alpha value is -1.25. The predicted molar refractivity (Wildman–Crippen MR) is 38.8 cm³/mol. The van der Waals surface area contributed by atoms with Gasteiger partial charge in [-0.3, -0.25) is 4.79 Å². The third kappa shape index (κ3) is 6.75. The summed E-state index contributed by atoms with van der Waals surface area (Å²) in [4.78, 5) is 12.0.